The molecule has 1 aromatic rings. The summed E-state index contributed by atoms with van der Waals surface area (Å²) in [7, 11) is 4.06. The second-order valence-electron chi connectivity index (χ2n) is 4.45. The van der Waals surface area contributed by atoms with E-state index in [4.69, 9.17) is 10.5 Å². The molecule has 0 bridgehead atoms. The highest BCUT2D eigenvalue weighted by atomic mass is 16.5. The molecule has 0 saturated carbocycles. The number of hydrogen-bond donors (Lipinski definition) is 1. The van der Waals surface area contributed by atoms with Gasteiger partial charge in [0.2, 0.25) is 0 Å². The maximum atomic E-state index is 5.63. The van der Waals surface area contributed by atoms with Crippen molar-refractivity contribution in [3.05, 3.63) is 18.5 Å². The molecular formula is C11H19N3O. The van der Waals surface area contributed by atoms with E-state index in [1.807, 2.05) is 14.1 Å². The second kappa shape index (κ2) is 4.49. The first-order valence-electron chi connectivity index (χ1n) is 4.92. The Morgan fingerprint density at radius 2 is 2.07 bits per heavy atom. The van der Waals surface area contributed by atoms with E-state index >= 15 is 0 Å². The number of nitrogen functional groups attached to an aromatic ring is 1. The van der Waals surface area contributed by atoms with Crippen molar-refractivity contribution < 1.29 is 4.74 Å². The van der Waals surface area contributed by atoms with E-state index in [-0.39, 0.29) is 5.54 Å². The fourth-order valence-corrected chi connectivity index (χ4v) is 0.904. The first-order chi connectivity index (χ1) is 6.92. The summed E-state index contributed by atoms with van der Waals surface area (Å²) < 4.78 is 5.63. The number of aromatic nitrogens is 1. The zero-order chi connectivity index (χ0) is 11.5. The van der Waals surface area contributed by atoms with Crippen LogP contribution in [0.4, 0.5) is 5.69 Å². The van der Waals surface area contributed by atoms with Gasteiger partial charge in [0, 0.05) is 11.6 Å². The summed E-state index contributed by atoms with van der Waals surface area (Å²) in [6.07, 6.45) is 3.27. The number of ether oxygens (including phenoxy) is 1. The van der Waals surface area contributed by atoms with Gasteiger partial charge in [-0.2, -0.15) is 0 Å². The smallest absolute Gasteiger partial charge is 0.139 e. The van der Waals surface area contributed by atoms with Gasteiger partial charge in [-0.15, -0.1) is 0 Å². The van der Waals surface area contributed by atoms with Crippen LogP contribution >= 0.6 is 0 Å². The third-order valence-corrected chi connectivity index (χ3v) is 2.54. The predicted molar refractivity (Wildman–Crippen MR) is 61.9 cm³/mol. The average Bonchev–Trinajstić information content (AvgIpc) is 2.15. The molecule has 0 aliphatic heterocycles. The number of nitrogens with two attached hydrogens (primary N) is 1. The van der Waals surface area contributed by atoms with Crippen molar-refractivity contribution in [1.82, 2.24) is 9.88 Å². The molecule has 0 fully saturated rings. The molecule has 1 rings (SSSR count). The summed E-state index contributed by atoms with van der Waals surface area (Å²) >= 11 is 0. The quantitative estimate of drug-likeness (QED) is 0.814. The molecule has 0 aliphatic carbocycles. The minimum atomic E-state index is -0.00932. The number of likely N-dealkylation sites (N-methyl/N-ethyl adjacent to an activating group) is 1. The van der Waals surface area contributed by atoms with Crippen LogP contribution in [0.3, 0.4) is 0 Å². The van der Waals surface area contributed by atoms with Gasteiger partial charge >= 0.3 is 0 Å². The average molecular weight is 209 g/mol. The molecule has 1 aromatic heterocycles. The lowest BCUT2D eigenvalue weighted by molar-refractivity contribution is 0.114. The van der Waals surface area contributed by atoms with Crippen LogP contribution in [0.2, 0.25) is 0 Å². The normalized spacial score (nSPS) is 11.8. The maximum Gasteiger partial charge on any atom is 0.139 e. The first-order valence-corrected chi connectivity index (χ1v) is 4.92. The minimum absolute atomic E-state index is 0.00932. The van der Waals surface area contributed by atoms with Crippen LogP contribution in [-0.2, 0) is 0 Å². The number of nitrogens with zero attached hydrogens (tertiary/aromatic N) is 2. The molecule has 0 unspecified atom stereocenters. The van der Waals surface area contributed by atoms with E-state index in [9.17, 15) is 0 Å². The van der Waals surface area contributed by atoms with Crippen LogP contribution in [0.5, 0.6) is 5.75 Å². The van der Waals surface area contributed by atoms with Gasteiger partial charge in [-0.05, 0) is 27.9 Å². The summed E-state index contributed by atoms with van der Waals surface area (Å²) in [6, 6.07) is 1.78. The minimum Gasteiger partial charge on any atom is -0.490 e. The number of anilines is 1. The van der Waals surface area contributed by atoms with Gasteiger partial charge < -0.3 is 15.4 Å². The molecule has 0 atom stereocenters. The maximum absolute atomic E-state index is 5.63. The van der Waals surface area contributed by atoms with Crippen molar-refractivity contribution >= 4 is 5.69 Å². The third kappa shape index (κ3) is 3.40. The lowest BCUT2D eigenvalue weighted by Crippen LogP contribution is -2.43. The molecule has 1 heterocycles. The van der Waals surface area contributed by atoms with Crippen molar-refractivity contribution in [2.75, 3.05) is 26.4 Å². The molecule has 0 saturated heterocycles. The van der Waals surface area contributed by atoms with Gasteiger partial charge in [-0.1, -0.05) is 0 Å². The Balaban J connectivity index is 2.57. The summed E-state index contributed by atoms with van der Waals surface area (Å²) in [5, 5.41) is 0. The zero-order valence-electron chi connectivity index (χ0n) is 9.82. The highest BCUT2D eigenvalue weighted by molar-refractivity contribution is 5.39. The third-order valence-electron chi connectivity index (χ3n) is 2.54. The second-order valence-corrected chi connectivity index (χ2v) is 4.45. The fourth-order valence-electron chi connectivity index (χ4n) is 0.904. The van der Waals surface area contributed by atoms with E-state index in [1.165, 1.54) is 0 Å². The van der Waals surface area contributed by atoms with Crippen molar-refractivity contribution in [2.24, 2.45) is 0 Å². The lowest BCUT2D eigenvalue weighted by atomic mass is 10.1. The number of pyridine rings is 1. The fraction of sp³-hybridized carbons (Fsp3) is 0.545. The monoisotopic (exact) mass is 209 g/mol. The lowest BCUT2D eigenvalue weighted by Gasteiger charge is -2.32. The Labute approximate surface area is 91.1 Å². The Bertz CT molecular complexity index is 323. The molecule has 0 radical (unpaired) electrons. The molecular weight excluding hydrogens is 190 g/mol. The van der Waals surface area contributed by atoms with Crippen molar-refractivity contribution in [3.8, 4) is 5.75 Å². The van der Waals surface area contributed by atoms with Crippen LogP contribution in [0.25, 0.3) is 0 Å². The van der Waals surface area contributed by atoms with Gasteiger partial charge in [-0.3, -0.25) is 4.98 Å². The van der Waals surface area contributed by atoms with Crippen molar-refractivity contribution in [3.63, 3.8) is 0 Å². The van der Waals surface area contributed by atoms with E-state index in [1.54, 1.807) is 18.5 Å². The van der Waals surface area contributed by atoms with Crippen LogP contribution in [0.15, 0.2) is 18.5 Å². The Hall–Kier alpha value is -1.29. The Kier molecular flexibility index (Phi) is 3.52. The van der Waals surface area contributed by atoms with Crippen molar-refractivity contribution in [1.29, 1.82) is 0 Å². The van der Waals surface area contributed by atoms with E-state index in [2.05, 4.69) is 23.7 Å². The van der Waals surface area contributed by atoms with Gasteiger partial charge in [0.15, 0.2) is 0 Å². The zero-order valence-corrected chi connectivity index (χ0v) is 9.82. The molecule has 0 amide bonds. The summed E-state index contributed by atoms with van der Waals surface area (Å²) in [5.74, 6) is 0.713. The summed E-state index contributed by atoms with van der Waals surface area (Å²) in [4.78, 5) is 6.08. The van der Waals surface area contributed by atoms with Gasteiger partial charge in [-0.25, -0.2) is 0 Å². The van der Waals surface area contributed by atoms with Crippen LogP contribution in [0, 0.1) is 0 Å². The molecule has 4 nitrogen and oxygen atoms in total. The van der Waals surface area contributed by atoms with Gasteiger partial charge in [0.05, 0.1) is 18.1 Å². The Morgan fingerprint density at radius 3 is 2.60 bits per heavy atom. The van der Waals surface area contributed by atoms with Crippen LogP contribution in [-0.4, -0.2) is 36.1 Å². The predicted octanol–water partition coefficient (Wildman–Crippen LogP) is 1.38. The SMILES string of the molecule is CN(C)C(C)(C)COc1cncc(N)c1. The van der Waals surface area contributed by atoms with Crippen LogP contribution < -0.4 is 10.5 Å². The van der Waals surface area contributed by atoms with Gasteiger partial charge in [0.1, 0.15) is 12.4 Å². The molecule has 84 valence electrons. The first kappa shape index (κ1) is 11.8. The number of rotatable bonds is 4. The van der Waals surface area contributed by atoms with Gasteiger partial charge in [0.25, 0.3) is 0 Å². The standard InChI is InChI=1S/C11H19N3O/c1-11(2,14(3)4)8-15-10-5-9(12)6-13-7-10/h5-7H,8,12H2,1-4H3. The van der Waals surface area contributed by atoms with E-state index < -0.39 is 0 Å². The molecule has 0 aromatic carbocycles. The highest BCUT2D eigenvalue weighted by Gasteiger charge is 2.21. The van der Waals surface area contributed by atoms with Crippen molar-refractivity contribution in [2.45, 2.75) is 19.4 Å². The Morgan fingerprint density at radius 1 is 1.40 bits per heavy atom. The number of hydrogen-bond acceptors (Lipinski definition) is 4. The molecule has 2 N–H and O–H groups in total. The highest BCUT2D eigenvalue weighted by Crippen LogP contribution is 2.16. The summed E-state index contributed by atoms with van der Waals surface area (Å²) in [5.41, 5.74) is 6.22. The van der Waals surface area contributed by atoms with E-state index in [0.29, 0.717) is 18.0 Å². The molecule has 4 heteroatoms. The van der Waals surface area contributed by atoms with E-state index in [0.717, 1.165) is 0 Å². The molecule has 15 heavy (non-hydrogen) atoms. The summed E-state index contributed by atoms with van der Waals surface area (Å²) in [6.45, 7) is 4.84. The van der Waals surface area contributed by atoms with Crippen LogP contribution in [0.1, 0.15) is 13.8 Å². The molecule has 0 spiro atoms. The molecule has 0 aliphatic rings. The topological polar surface area (TPSA) is 51.4 Å². The largest absolute Gasteiger partial charge is 0.490 e.